The van der Waals surface area contributed by atoms with Crippen LogP contribution in [0.2, 0.25) is 0 Å². The smallest absolute Gasteiger partial charge is 0.255 e. The molecule has 0 heterocycles. The molecule has 0 atom stereocenters. The van der Waals surface area contributed by atoms with Crippen LogP contribution in [0.1, 0.15) is 17.3 Å². The van der Waals surface area contributed by atoms with Gasteiger partial charge in [0.1, 0.15) is 5.75 Å². The van der Waals surface area contributed by atoms with Gasteiger partial charge in [0.2, 0.25) is 5.91 Å². The Kier molecular flexibility index (Phi) is 5.42. The van der Waals surface area contributed by atoms with Crippen LogP contribution in [0.4, 0.5) is 17.1 Å². The van der Waals surface area contributed by atoms with Gasteiger partial charge < -0.3 is 20.3 Å². The van der Waals surface area contributed by atoms with Gasteiger partial charge in [-0.15, -0.1) is 0 Å². The molecular weight excluding hydrogens is 306 g/mol. The number of nitrogens with zero attached hydrogens (tertiary/aromatic N) is 1. The van der Waals surface area contributed by atoms with Gasteiger partial charge in [0, 0.05) is 38.0 Å². The van der Waals surface area contributed by atoms with E-state index in [1.165, 1.54) is 14.0 Å². The van der Waals surface area contributed by atoms with E-state index in [9.17, 15) is 9.59 Å². The molecule has 0 fully saturated rings. The van der Waals surface area contributed by atoms with E-state index in [0.717, 1.165) is 5.69 Å². The largest absolute Gasteiger partial charge is 0.495 e. The lowest BCUT2D eigenvalue weighted by Gasteiger charge is -2.14. The Hall–Kier alpha value is -3.02. The molecule has 24 heavy (non-hydrogen) atoms. The Morgan fingerprint density at radius 1 is 1.00 bits per heavy atom. The van der Waals surface area contributed by atoms with E-state index in [4.69, 9.17) is 4.74 Å². The van der Waals surface area contributed by atoms with Crippen LogP contribution >= 0.6 is 0 Å². The number of carbonyl (C=O) groups is 2. The minimum atomic E-state index is -0.262. The predicted octanol–water partition coefficient (Wildman–Crippen LogP) is 2.97. The second-order valence-electron chi connectivity index (χ2n) is 5.49. The van der Waals surface area contributed by atoms with Crippen molar-refractivity contribution in [1.29, 1.82) is 0 Å². The van der Waals surface area contributed by atoms with Crippen LogP contribution in [0.3, 0.4) is 0 Å². The van der Waals surface area contributed by atoms with Gasteiger partial charge in [-0.05, 0) is 42.5 Å². The zero-order valence-corrected chi connectivity index (χ0v) is 14.2. The van der Waals surface area contributed by atoms with E-state index < -0.39 is 0 Å². The number of amides is 2. The topological polar surface area (TPSA) is 70.7 Å². The number of nitrogens with one attached hydrogen (secondary N) is 2. The van der Waals surface area contributed by atoms with Gasteiger partial charge >= 0.3 is 0 Å². The molecular formula is C18H21N3O3. The minimum absolute atomic E-state index is 0.231. The zero-order chi connectivity index (χ0) is 17.7. The van der Waals surface area contributed by atoms with Gasteiger partial charge in [-0.1, -0.05) is 0 Å². The van der Waals surface area contributed by atoms with Crippen molar-refractivity contribution in [1.82, 2.24) is 0 Å². The summed E-state index contributed by atoms with van der Waals surface area (Å²) in [5.74, 6) is 0.00377. The van der Waals surface area contributed by atoms with Gasteiger partial charge in [-0.3, -0.25) is 9.59 Å². The molecule has 0 saturated heterocycles. The second kappa shape index (κ2) is 7.50. The summed E-state index contributed by atoms with van der Waals surface area (Å²) in [5.41, 5.74) is 2.63. The van der Waals surface area contributed by atoms with E-state index in [-0.39, 0.29) is 11.8 Å². The Balaban J connectivity index is 2.18. The average molecular weight is 327 g/mol. The average Bonchev–Trinajstić information content (AvgIpc) is 2.54. The number of hydrogen-bond donors (Lipinski definition) is 2. The monoisotopic (exact) mass is 327 g/mol. The van der Waals surface area contributed by atoms with Crippen molar-refractivity contribution in [3.8, 4) is 5.75 Å². The highest BCUT2D eigenvalue weighted by Gasteiger charge is 2.11. The van der Waals surface area contributed by atoms with Crippen LogP contribution in [-0.2, 0) is 4.79 Å². The third kappa shape index (κ3) is 4.25. The lowest BCUT2D eigenvalue weighted by Crippen LogP contribution is -2.14. The number of hydrogen-bond acceptors (Lipinski definition) is 4. The standard InChI is InChI=1S/C18H21N3O3/c1-12(22)19-16-11-13(5-10-17(16)24-4)18(23)20-14-6-8-15(9-7-14)21(2)3/h5-11H,1-4H3,(H,19,22)(H,20,23). The van der Waals surface area contributed by atoms with Gasteiger partial charge in [0.05, 0.1) is 12.8 Å². The Morgan fingerprint density at radius 2 is 1.67 bits per heavy atom. The van der Waals surface area contributed by atoms with Crippen LogP contribution in [0.25, 0.3) is 0 Å². The molecule has 0 unspecified atom stereocenters. The number of carbonyl (C=O) groups excluding carboxylic acids is 2. The highest BCUT2D eigenvalue weighted by Crippen LogP contribution is 2.26. The van der Waals surface area contributed by atoms with Crippen LogP contribution in [0.5, 0.6) is 5.75 Å². The fourth-order valence-electron chi connectivity index (χ4n) is 2.18. The maximum Gasteiger partial charge on any atom is 0.255 e. The number of methoxy groups -OCH3 is 1. The molecule has 2 amide bonds. The quantitative estimate of drug-likeness (QED) is 0.886. The molecule has 2 aromatic carbocycles. The Labute approximate surface area is 141 Å². The summed E-state index contributed by atoms with van der Waals surface area (Å²) >= 11 is 0. The molecule has 0 aliphatic heterocycles. The predicted molar refractivity (Wildman–Crippen MR) is 96.0 cm³/mol. The first kappa shape index (κ1) is 17.3. The van der Waals surface area contributed by atoms with Crippen LogP contribution in [0.15, 0.2) is 42.5 Å². The molecule has 0 aliphatic carbocycles. The second-order valence-corrected chi connectivity index (χ2v) is 5.49. The number of benzene rings is 2. The molecule has 2 rings (SSSR count). The van der Waals surface area contributed by atoms with Crippen molar-refractivity contribution in [3.63, 3.8) is 0 Å². The Morgan fingerprint density at radius 3 is 2.21 bits per heavy atom. The number of ether oxygens (including phenoxy) is 1. The van der Waals surface area contributed by atoms with Crippen LogP contribution < -0.4 is 20.3 Å². The summed E-state index contributed by atoms with van der Waals surface area (Å²) in [6.45, 7) is 1.40. The van der Waals surface area contributed by atoms with Gasteiger partial charge in [0.25, 0.3) is 5.91 Å². The third-order valence-electron chi connectivity index (χ3n) is 3.41. The van der Waals surface area contributed by atoms with Gasteiger partial charge in [-0.2, -0.15) is 0 Å². The molecule has 2 N–H and O–H groups in total. The lowest BCUT2D eigenvalue weighted by atomic mass is 10.1. The third-order valence-corrected chi connectivity index (χ3v) is 3.41. The summed E-state index contributed by atoms with van der Waals surface area (Å²) in [6, 6.07) is 12.4. The first-order valence-electron chi connectivity index (χ1n) is 7.45. The van der Waals surface area contributed by atoms with E-state index in [1.54, 1.807) is 18.2 Å². The van der Waals surface area contributed by atoms with Crippen LogP contribution in [0, 0.1) is 0 Å². The molecule has 2 aromatic rings. The van der Waals surface area contributed by atoms with Crippen molar-refractivity contribution in [2.75, 3.05) is 36.7 Å². The van der Waals surface area contributed by atoms with Crippen molar-refractivity contribution >= 4 is 28.9 Å². The highest BCUT2D eigenvalue weighted by molar-refractivity contribution is 6.05. The van der Waals surface area contributed by atoms with Crippen LogP contribution in [-0.4, -0.2) is 33.0 Å². The Bertz CT molecular complexity index is 740. The molecule has 6 nitrogen and oxygen atoms in total. The number of rotatable bonds is 5. The van der Waals surface area contributed by atoms with Gasteiger partial charge in [0.15, 0.2) is 0 Å². The molecule has 126 valence electrons. The highest BCUT2D eigenvalue weighted by atomic mass is 16.5. The first-order valence-corrected chi connectivity index (χ1v) is 7.45. The molecule has 0 bridgehead atoms. The molecule has 0 aliphatic rings. The van der Waals surface area contributed by atoms with E-state index in [0.29, 0.717) is 22.7 Å². The maximum atomic E-state index is 12.4. The molecule has 0 aromatic heterocycles. The molecule has 0 saturated carbocycles. The van der Waals surface area contributed by atoms with E-state index in [1.807, 2.05) is 43.3 Å². The summed E-state index contributed by atoms with van der Waals surface area (Å²) in [4.78, 5) is 25.6. The van der Waals surface area contributed by atoms with Gasteiger partial charge in [-0.25, -0.2) is 0 Å². The lowest BCUT2D eigenvalue weighted by molar-refractivity contribution is -0.114. The fraction of sp³-hybridized carbons (Fsp3) is 0.222. The zero-order valence-electron chi connectivity index (χ0n) is 14.2. The fourth-order valence-corrected chi connectivity index (χ4v) is 2.18. The summed E-state index contributed by atoms with van der Waals surface area (Å²) in [5, 5.41) is 5.49. The molecule has 0 radical (unpaired) electrons. The summed E-state index contributed by atoms with van der Waals surface area (Å²) < 4.78 is 5.18. The normalized spacial score (nSPS) is 10.0. The summed E-state index contributed by atoms with van der Waals surface area (Å²) in [6.07, 6.45) is 0. The minimum Gasteiger partial charge on any atom is -0.495 e. The maximum absolute atomic E-state index is 12.4. The first-order chi connectivity index (χ1) is 11.4. The SMILES string of the molecule is COc1ccc(C(=O)Nc2ccc(N(C)C)cc2)cc1NC(C)=O. The summed E-state index contributed by atoms with van der Waals surface area (Å²) in [7, 11) is 5.41. The van der Waals surface area contributed by atoms with E-state index in [2.05, 4.69) is 10.6 Å². The van der Waals surface area contributed by atoms with Crippen molar-refractivity contribution in [2.24, 2.45) is 0 Å². The van der Waals surface area contributed by atoms with Crippen molar-refractivity contribution in [3.05, 3.63) is 48.0 Å². The van der Waals surface area contributed by atoms with Crippen molar-refractivity contribution < 1.29 is 14.3 Å². The van der Waals surface area contributed by atoms with E-state index >= 15 is 0 Å². The molecule has 0 spiro atoms. The van der Waals surface area contributed by atoms with Crippen molar-refractivity contribution in [2.45, 2.75) is 6.92 Å². The molecule has 6 heteroatoms. The number of anilines is 3.